The summed E-state index contributed by atoms with van der Waals surface area (Å²) in [7, 11) is 1.87. The molecular formula is C17H20N2O. The maximum Gasteiger partial charge on any atom is 0.255 e. The lowest BCUT2D eigenvalue weighted by molar-refractivity contribution is 0.102. The van der Waals surface area contributed by atoms with Gasteiger partial charge >= 0.3 is 0 Å². The Morgan fingerprint density at radius 1 is 0.950 bits per heavy atom. The number of nitrogens with one attached hydrogen (secondary N) is 2. The van der Waals surface area contributed by atoms with Crippen molar-refractivity contribution in [2.75, 3.05) is 17.7 Å². The fraction of sp³-hybridized carbons (Fsp3) is 0.235. The molecule has 104 valence electrons. The standard InChI is InChI=1S/C17H20N2O/c1-11-5-6-12(2)16(9-11)19-17(20)15-8-7-14(18-4)10-13(15)3/h5-10,18H,1-4H3,(H,19,20). The molecule has 0 aromatic heterocycles. The van der Waals surface area contributed by atoms with E-state index in [0.717, 1.165) is 28.1 Å². The number of aryl methyl sites for hydroxylation is 3. The van der Waals surface area contributed by atoms with Gasteiger partial charge in [-0.2, -0.15) is 0 Å². The van der Waals surface area contributed by atoms with Crippen LogP contribution < -0.4 is 10.6 Å². The Bertz CT molecular complexity index is 647. The van der Waals surface area contributed by atoms with Gasteiger partial charge in [0.25, 0.3) is 5.91 Å². The molecule has 0 spiro atoms. The lowest BCUT2D eigenvalue weighted by Crippen LogP contribution is -2.14. The van der Waals surface area contributed by atoms with Crippen LogP contribution in [0.15, 0.2) is 36.4 Å². The molecule has 0 saturated heterocycles. The monoisotopic (exact) mass is 268 g/mol. The van der Waals surface area contributed by atoms with Gasteiger partial charge in [-0.15, -0.1) is 0 Å². The van der Waals surface area contributed by atoms with Crippen molar-refractivity contribution >= 4 is 17.3 Å². The number of carbonyl (C=O) groups is 1. The molecule has 0 atom stereocenters. The molecule has 20 heavy (non-hydrogen) atoms. The summed E-state index contributed by atoms with van der Waals surface area (Å²) in [6.07, 6.45) is 0. The van der Waals surface area contributed by atoms with Crippen molar-refractivity contribution in [2.45, 2.75) is 20.8 Å². The average molecular weight is 268 g/mol. The van der Waals surface area contributed by atoms with Crippen molar-refractivity contribution in [3.8, 4) is 0 Å². The van der Waals surface area contributed by atoms with Gasteiger partial charge in [0.05, 0.1) is 0 Å². The number of hydrogen-bond donors (Lipinski definition) is 2. The Hall–Kier alpha value is -2.29. The highest BCUT2D eigenvalue weighted by Gasteiger charge is 2.11. The molecule has 0 fully saturated rings. The molecule has 1 amide bonds. The lowest BCUT2D eigenvalue weighted by Gasteiger charge is -2.12. The molecule has 0 unspecified atom stereocenters. The van der Waals surface area contributed by atoms with Gasteiger partial charge in [-0.05, 0) is 61.7 Å². The molecular weight excluding hydrogens is 248 g/mol. The van der Waals surface area contributed by atoms with E-state index < -0.39 is 0 Å². The van der Waals surface area contributed by atoms with Gasteiger partial charge in [0.2, 0.25) is 0 Å². The van der Waals surface area contributed by atoms with Gasteiger partial charge in [-0.25, -0.2) is 0 Å². The van der Waals surface area contributed by atoms with Crippen LogP contribution >= 0.6 is 0 Å². The third-order valence-corrected chi connectivity index (χ3v) is 3.40. The largest absolute Gasteiger partial charge is 0.388 e. The van der Waals surface area contributed by atoms with Crippen LogP contribution in [0.2, 0.25) is 0 Å². The number of amides is 1. The molecule has 0 heterocycles. The summed E-state index contributed by atoms with van der Waals surface area (Å²) in [5, 5.41) is 6.05. The maximum atomic E-state index is 12.4. The van der Waals surface area contributed by atoms with E-state index in [2.05, 4.69) is 10.6 Å². The topological polar surface area (TPSA) is 41.1 Å². The fourth-order valence-corrected chi connectivity index (χ4v) is 2.13. The molecule has 2 rings (SSSR count). The highest BCUT2D eigenvalue weighted by atomic mass is 16.1. The smallest absolute Gasteiger partial charge is 0.255 e. The summed E-state index contributed by atoms with van der Waals surface area (Å²) in [4.78, 5) is 12.4. The van der Waals surface area contributed by atoms with Gasteiger partial charge < -0.3 is 10.6 Å². The molecule has 2 N–H and O–H groups in total. The number of carbonyl (C=O) groups excluding carboxylic acids is 1. The minimum Gasteiger partial charge on any atom is -0.388 e. The second-order valence-electron chi connectivity index (χ2n) is 5.05. The zero-order valence-corrected chi connectivity index (χ0v) is 12.4. The average Bonchev–Trinajstić information content (AvgIpc) is 2.42. The summed E-state index contributed by atoms with van der Waals surface area (Å²) in [5.74, 6) is -0.0705. The Morgan fingerprint density at radius 3 is 2.35 bits per heavy atom. The Labute approximate surface area is 120 Å². The summed E-state index contributed by atoms with van der Waals surface area (Å²) < 4.78 is 0. The van der Waals surface area contributed by atoms with E-state index >= 15 is 0 Å². The third kappa shape index (κ3) is 2.99. The maximum absolute atomic E-state index is 12.4. The first-order valence-corrected chi connectivity index (χ1v) is 6.68. The minimum atomic E-state index is -0.0705. The summed E-state index contributed by atoms with van der Waals surface area (Å²) in [6, 6.07) is 11.8. The van der Waals surface area contributed by atoms with Gasteiger partial charge in [0, 0.05) is 24.0 Å². The van der Waals surface area contributed by atoms with Gasteiger partial charge in [-0.1, -0.05) is 12.1 Å². The van der Waals surface area contributed by atoms with Gasteiger partial charge in [0.15, 0.2) is 0 Å². The molecule has 3 nitrogen and oxygen atoms in total. The van der Waals surface area contributed by atoms with Gasteiger partial charge in [0.1, 0.15) is 0 Å². The number of hydrogen-bond acceptors (Lipinski definition) is 2. The van der Waals surface area contributed by atoms with Crippen LogP contribution in [-0.4, -0.2) is 13.0 Å². The van der Waals surface area contributed by atoms with Crippen molar-refractivity contribution in [1.82, 2.24) is 0 Å². The van der Waals surface area contributed by atoms with Crippen LogP contribution in [0.25, 0.3) is 0 Å². The molecule has 0 aliphatic carbocycles. The SMILES string of the molecule is CNc1ccc(C(=O)Nc2cc(C)ccc2C)c(C)c1. The zero-order chi connectivity index (χ0) is 14.7. The van der Waals surface area contributed by atoms with Crippen LogP contribution in [-0.2, 0) is 0 Å². The van der Waals surface area contributed by atoms with E-state index in [1.807, 2.05) is 64.2 Å². The van der Waals surface area contributed by atoms with Crippen molar-refractivity contribution in [2.24, 2.45) is 0 Å². The quantitative estimate of drug-likeness (QED) is 0.886. The van der Waals surface area contributed by atoms with Crippen LogP contribution in [0, 0.1) is 20.8 Å². The van der Waals surface area contributed by atoms with Crippen molar-refractivity contribution in [3.63, 3.8) is 0 Å². The fourth-order valence-electron chi connectivity index (χ4n) is 2.13. The number of rotatable bonds is 3. The molecule has 0 saturated carbocycles. The molecule has 0 aliphatic heterocycles. The Morgan fingerprint density at radius 2 is 1.70 bits per heavy atom. The predicted molar refractivity (Wildman–Crippen MR) is 84.6 cm³/mol. The van der Waals surface area contributed by atoms with Crippen LogP contribution in [0.1, 0.15) is 27.0 Å². The van der Waals surface area contributed by atoms with Crippen LogP contribution in [0.5, 0.6) is 0 Å². The predicted octanol–water partition coefficient (Wildman–Crippen LogP) is 3.91. The van der Waals surface area contributed by atoms with Crippen molar-refractivity contribution in [3.05, 3.63) is 58.7 Å². The second kappa shape index (κ2) is 5.78. The van der Waals surface area contributed by atoms with E-state index in [4.69, 9.17) is 0 Å². The van der Waals surface area contributed by atoms with E-state index in [0.29, 0.717) is 5.56 Å². The van der Waals surface area contributed by atoms with E-state index in [1.165, 1.54) is 0 Å². The van der Waals surface area contributed by atoms with Crippen LogP contribution in [0.3, 0.4) is 0 Å². The normalized spacial score (nSPS) is 10.2. The number of anilines is 2. The molecule has 0 bridgehead atoms. The lowest BCUT2D eigenvalue weighted by atomic mass is 10.1. The van der Waals surface area contributed by atoms with E-state index in [1.54, 1.807) is 0 Å². The summed E-state index contributed by atoms with van der Waals surface area (Å²) in [6.45, 7) is 5.95. The first-order chi connectivity index (χ1) is 9.51. The van der Waals surface area contributed by atoms with Crippen molar-refractivity contribution in [1.29, 1.82) is 0 Å². The first-order valence-electron chi connectivity index (χ1n) is 6.68. The minimum absolute atomic E-state index is 0.0705. The Kier molecular flexibility index (Phi) is 4.08. The third-order valence-electron chi connectivity index (χ3n) is 3.40. The van der Waals surface area contributed by atoms with E-state index in [-0.39, 0.29) is 5.91 Å². The summed E-state index contributed by atoms with van der Waals surface area (Å²) in [5.41, 5.74) is 5.73. The zero-order valence-electron chi connectivity index (χ0n) is 12.4. The van der Waals surface area contributed by atoms with Crippen molar-refractivity contribution < 1.29 is 4.79 Å². The van der Waals surface area contributed by atoms with Crippen LogP contribution in [0.4, 0.5) is 11.4 Å². The highest BCUT2D eigenvalue weighted by molar-refractivity contribution is 6.05. The van der Waals surface area contributed by atoms with E-state index in [9.17, 15) is 4.79 Å². The highest BCUT2D eigenvalue weighted by Crippen LogP contribution is 2.20. The molecule has 3 heteroatoms. The summed E-state index contributed by atoms with van der Waals surface area (Å²) >= 11 is 0. The molecule has 0 aliphatic rings. The molecule has 2 aromatic rings. The first kappa shape index (κ1) is 14.1. The van der Waals surface area contributed by atoms with Gasteiger partial charge in [-0.3, -0.25) is 4.79 Å². The second-order valence-corrected chi connectivity index (χ2v) is 5.05. The molecule has 2 aromatic carbocycles. The Balaban J connectivity index is 2.26. The number of benzene rings is 2. The molecule has 0 radical (unpaired) electrons.